The van der Waals surface area contributed by atoms with Crippen molar-refractivity contribution in [1.82, 2.24) is 14.8 Å². The quantitative estimate of drug-likeness (QED) is 0.831. The number of rotatable bonds is 3. The number of hydrogen-bond acceptors (Lipinski definition) is 5. The van der Waals surface area contributed by atoms with Crippen LogP contribution in [0.5, 0.6) is 0 Å². The van der Waals surface area contributed by atoms with Crippen LogP contribution in [0.3, 0.4) is 0 Å². The maximum Gasteiger partial charge on any atom is 0.410 e. The van der Waals surface area contributed by atoms with Crippen molar-refractivity contribution in [3.05, 3.63) is 41.8 Å². The van der Waals surface area contributed by atoms with Crippen molar-refractivity contribution in [1.29, 1.82) is 0 Å². The van der Waals surface area contributed by atoms with E-state index < -0.39 is 5.60 Å². The molecule has 0 bridgehead atoms. The van der Waals surface area contributed by atoms with E-state index in [2.05, 4.69) is 4.98 Å². The van der Waals surface area contributed by atoms with Crippen molar-refractivity contribution in [2.24, 2.45) is 0 Å². The van der Waals surface area contributed by atoms with Gasteiger partial charge in [-0.2, -0.15) is 0 Å². The Bertz CT molecular complexity index is 853. The molecule has 2 amide bonds. The summed E-state index contributed by atoms with van der Waals surface area (Å²) in [5.41, 5.74) is 1.13. The number of oxazole rings is 1. The van der Waals surface area contributed by atoms with Crippen LogP contribution in [0.4, 0.5) is 4.79 Å². The van der Waals surface area contributed by atoms with Gasteiger partial charge in [0.15, 0.2) is 0 Å². The van der Waals surface area contributed by atoms with E-state index in [-0.39, 0.29) is 18.4 Å². The Labute approximate surface area is 157 Å². The van der Waals surface area contributed by atoms with Crippen LogP contribution in [0, 0.1) is 6.92 Å². The zero-order valence-corrected chi connectivity index (χ0v) is 15.6. The van der Waals surface area contributed by atoms with Crippen molar-refractivity contribution < 1.29 is 18.7 Å². The number of aryl methyl sites for hydroxylation is 1. The minimum atomic E-state index is -0.438. The Hall–Kier alpha value is -2.83. The summed E-state index contributed by atoms with van der Waals surface area (Å²) in [6, 6.07) is 9.65. The molecule has 2 fully saturated rings. The monoisotopic (exact) mass is 369 g/mol. The second kappa shape index (κ2) is 6.72. The molecule has 142 valence electrons. The first-order valence-corrected chi connectivity index (χ1v) is 9.19. The summed E-state index contributed by atoms with van der Waals surface area (Å²) in [5, 5.41) is 0. The summed E-state index contributed by atoms with van der Waals surface area (Å²) >= 11 is 0. The number of likely N-dealkylation sites (N-methyl/N-ethyl adjacent to an activating group) is 1. The number of hydrogen-bond donors (Lipinski definition) is 0. The fraction of sp³-hybridized carbons (Fsp3) is 0.450. The minimum absolute atomic E-state index is 0.0264. The average Bonchev–Trinajstić information content (AvgIpc) is 3.16. The number of benzene rings is 1. The van der Waals surface area contributed by atoms with Gasteiger partial charge in [0.1, 0.15) is 11.4 Å². The topological polar surface area (TPSA) is 75.9 Å². The summed E-state index contributed by atoms with van der Waals surface area (Å²) in [6.07, 6.45) is 1.28. The van der Waals surface area contributed by atoms with E-state index in [0.717, 1.165) is 5.56 Å². The molecule has 0 radical (unpaired) electrons. The number of carbonyl (C=O) groups excluding carboxylic acids is 2. The first-order chi connectivity index (χ1) is 13.0. The highest BCUT2D eigenvalue weighted by Crippen LogP contribution is 2.32. The molecule has 2 aromatic rings. The molecule has 1 aromatic carbocycles. The van der Waals surface area contributed by atoms with Crippen LogP contribution in [0.15, 0.2) is 34.7 Å². The maximum atomic E-state index is 12.7. The molecular weight excluding hydrogens is 346 g/mol. The van der Waals surface area contributed by atoms with E-state index in [0.29, 0.717) is 49.8 Å². The zero-order valence-electron chi connectivity index (χ0n) is 15.6. The minimum Gasteiger partial charge on any atom is -0.441 e. The van der Waals surface area contributed by atoms with Crippen LogP contribution in [0.25, 0.3) is 11.5 Å². The third-order valence-electron chi connectivity index (χ3n) is 5.40. The molecule has 1 spiro atoms. The van der Waals surface area contributed by atoms with Gasteiger partial charge >= 0.3 is 6.09 Å². The summed E-state index contributed by atoms with van der Waals surface area (Å²) < 4.78 is 11.3. The lowest BCUT2D eigenvalue weighted by Crippen LogP contribution is -2.49. The lowest BCUT2D eigenvalue weighted by Gasteiger charge is -2.37. The molecule has 3 heterocycles. The molecule has 1 aromatic heterocycles. The van der Waals surface area contributed by atoms with E-state index in [1.165, 1.54) is 0 Å². The highest BCUT2D eigenvalue weighted by molar-refractivity contribution is 5.79. The van der Waals surface area contributed by atoms with Crippen molar-refractivity contribution in [3.63, 3.8) is 0 Å². The SMILES string of the molecule is Cc1oc(-c2ccccc2)nc1CC(=O)N1CCC2(CC1)CN(C)C(=O)O2. The summed E-state index contributed by atoms with van der Waals surface area (Å²) in [4.78, 5) is 32.3. The van der Waals surface area contributed by atoms with Crippen molar-refractivity contribution >= 4 is 12.0 Å². The second-order valence-corrected chi connectivity index (χ2v) is 7.35. The fourth-order valence-corrected chi connectivity index (χ4v) is 3.77. The van der Waals surface area contributed by atoms with Gasteiger partial charge in [0, 0.05) is 38.5 Å². The number of likely N-dealkylation sites (tertiary alicyclic amines) is 1. The van der Waals surface area contributed by atoms with Crippen molar-refractivity contribution in [2.45, 2.75) is 31.8 Å². The number of amides is 2. The first-order valence-electron chi connectivity index (χ1n) is 9.19. The van der Waals surface area contributed by atoms with Crippen LogP contribution >= 0.6 is 0 Å². The molecule has 7 nitrogen and oxygen atoms in total. The molecule has 4 rings (SSSR count). The Morgan fingerprint density at radius 3 is 2.56 bits per heavy atom. The van der Waals surface area contributed by atoms with Crippen molar-refractivity contribution in [2.75, 3.05) is 26.7 Å². The van der Waals surface area contributed by atoms with E-state index >= 15 is 0 Å². The normalized spacial score (nSPS) is 18.8. The van der Waals surface area contributed by atoms with E-state index in [9.17, 15) is 9.59 Å². The fourth-order valence-electron chi connectivity index (χ4n) is 3.77. The van der Waals surface area contributed by atoms with Gasteiger partial charge in [-0.1, -0.05) is 18.2 Å². The molecular formula is C20H23N3O4. The van der Waals surface area contributed by atoms with Gasteiger partial charge in [-0.15, -0.1) is 0 Å². The molecule has 27 heavy (non-hydrogen) atoms. The lowest BCUT2D eigenvalue weighted by molar-refractivity contribution is -0.133. The number of piperidine rings is 1. The highest BCUT2D eigenvalue weighted by Gasteiger charge is 2.46. The van der Waals surface area contributed by atoms with Gasteiger partial charge in [0.2, 0.25) is 11.8 Å². The number of ether oxygens (including phenoxy) is 1. The molecule has 2 aliphatic heterocycles. The van der Waals surface area contributed by atoms with Gasteiger partial charge in [-0.3, -0.25) is 4.79 Å². The van der Waals surface area contributed by atoms with E-state index in [4.69, 9.17) is 9.15 Å². The number of nitrogens with zero attached hydrogens (tertiary/aromatic N) is 3. The van der Waals surface area contributed by atoms with Gasteiger partial charge < -0.3 is 19.0 Å². The first kappa shape index (κ1) is 17.6. The molecule has 0 saturated carbocycles. The molecule has 7 heteroatoms. The second-order valence-electron chi connectivity index (χ2n) is 7.35. The standard InChI is InChI=1S/C20H23N3O4/c1-14-16(21-18(26-14)15-6-4-3-5-7-15)12-17(24)23-10-8-20(9-11-23)13-22(2)19(25)27-20/h3-7H,8-13H2,1-2H3. The Balaban J connectivity index is 1.39. The maximum absolute atomic E-state index is 12.7. The molecule has 2 aliphatic rings. The predicted octanol–water partition coefficient (Wildman–Crippen LogP) is 2.64. The summed E-state index contributed by atoms with van der Waals surface area (Å²) in [5.74, 6) is 1.23. The number of carbonyl (C=O) groups is 2. The largest absolute Gasteiger partial charge is 0.441 e. The highest BCUT2D eigenvalue weighted by atomic mass is 16.6. The van der Waals surface area contributed by atoms with Crippen LogP contribution in [-0.2, 0) is 16.0 Å². The van der Waals surface area contributed by atoms with Gasteiger partial charge in [-0.25, -0.2) is 9.78 Å². The third kappa shape index (κ3) is 3.41. The summed E-state index contributed by atoms with van der Waals surface area (Å²) in [7, 11) is 1.74. The molecule has 0 N–H and O–H groups in total. The van der Waals surface area contributed by atoms with Crippen LogP contribution in [0.1, 0.15) is 24.3 Å². The average molecular weight is 369 g/mol. The number of aromatic nitrogens is 1. The third-order valence-corrected chi connectivity index (χ3v) is 5.40. The Morgan fingerprint density at radius 2 is 1.93 bits per heavy atom. The lowest BCUT2D eigenvalue weighted by atomic mass is 9.91. The van der Waals surface area contributed by atoms with Gasteiger partial charge in [0.05, 0.1) is 18.7 Å². The van der Waals surface area contributed by atoms with Gasteiger partial charge in [-0.05, 0) is 19.1 Å². The van der Waals surface area contributed by atoms with Crippen LogP contribution < -0.4 is 0 Å². The molecule has 2 saturated heterocycles. The predicted molar refractivity (Wildman–Crippen MR) is 98.0 cm³/mol. The Morgan fingerprint density at radius 1 is 1.22 bits per heavy atom. The van der Waals surface area contributed by atoms with Crippen LogP contribution in [-0.4, -0.2) is 59.1 Å². The molecule has 0 unspecified atom stereocenters. The molecule has 0 atom stereocenters. The smallest absolute Gasteiger partial charge is 0.410 e. The van der Waals surface area contributed by atoms with E-state index in [1.54, 1.807) is 11.9 Å². The van der Waals surface area contributed by atoms with Crippen LogP contribution in [0.2, 0.25) is 0 Å². The van der Waals surface area contributed by atoms with Gasteiger partial charge in [0.25, 0.3) is 0 Å². The zero-order chi connectivity index (χ0) is 19.0. The Kier molecular flexibility index (Phi) is 4.37. The molecule has 0 aliphatic carbocycles. The van der Waals surface area contributed by atoms with E-state index in [1.807, 2.05) is 42.2 Å². The van der Waals surface area contributed by atoms with Crippen molar-refractivity contribution in [3.8, 4) is 11.5 Å². The summed E-state index contributed by atoms with van der Waals surface area (Å²) in [6.45, 7) is 3.60.